The zero-order valence-electron chi connectivity index (χ0n) is 44.5. The van der Waals surface area contributed by atoms with Gasteiger partial charge in [-0.2, -0.15) is 0 Å². The van der Waals surface area contributed by atoms with Crippen molar-refractivity contribution in [3.63, 3.8) is 0 Å². The topological polar surface area (TPSA) is 35.6 Å². The number of aryl methyl sites for hydroxylation is 4. The first-order valence-corrected chi connectivity index (χ1v) is 27.4. The lowest BCUT2D eigenvalue weighted by atomic mass is 9.66. The van der Waals surface area contributed by atoms with Crippen LogP contribution in [-0.4, -0.2) is 19.1 Å². The van der Waals surface area contributed by atoms with Gasteiger partial charge in [-0.1, -0.05) is 170 Å². The number of fused-ring (bicyclic) bond motifs is 9. The van der Waals surface area contributed by atoms with Crippen LogP contribution in [0.2, 0.25) is 0 Å². The first-order valence-electron chi connectivity index (χ1n) is 27.4. The van der Waals surface area contributed by atoms with Gasteiger partial charge in [0.2, 0.25) is 0 Å². The van der Waals surface area contributed by atoms with Gasteiger partial charge in [-0.3, -0.25) is 9.97 Å². The number of rotatable bonds is 8. The number of para-hydroxylation sites is 4. The maximum atomic E-state index is 5.08. The molecule has 0 N–H and O–H groups in total. The fourth-order valence-corrected chi connectivity index (χ4v) is 13.3. The summed E-state index contributed by atoms with van der Waals surface area (Å²) >= 11 is 0. The van der Waals surface area contributed by atoms with Crippen LogP contribution < -0.4 is 0 Å². The minimum Gasteiger partial charge on any atom is -0.309 e. The molecule has 0 atom stereocenters. The van der Waals surface area contributed by atoms with Crippen LogP contribution in [0, 0.1) is 27.7 Å². The van der Waals surface area contributed by atoms with Crippen molar-refractivity contribution in [2.45, 2.75) is 33.1 Å². The average molecular weight is 1010 g/mol. The summed E-state index contributed by atoms with van der Waals surface area (Å²) in [5, 5.41) is 5.04. The summed E-state index contributed by atoms with van der Waals surface area (Å²) in [5.41, 5.74) is 27.0. The highest BCUT2D eigenvalue weighted by Gasteiger charge is 2.47. The molecule has 0 aliphatic heterocycles. The summed E-state index contributed by atoms with van der Waals surface area (Å²) in [6.45, 7) is 8.70. The fourth-order valence-electron chi connectivity index (χ4n) is 13.3. The van der Waals surface area contributed by atoms with Gasteiger partial charge in [-0.15, -0.1) is 0 Å². The van der Waals surface area contributed by atoms with Crippen molar-refractivity contribution < 1.29 is 0 Å². The van der Waals surface area contributed by atoms with E-state index in [2.05, 4.69) is 292 Å². The van der Waals surface area contributed by atoms with Gasteiger partial charge in [0, 0.05) is 55.4 Å². The average Bonchev–Trinajstić information content (AvgIpc) is 4.34. The fraction of sp³-hybridized carbons (Fsp3) is 0.0667. The number of hydrogen-bond donors (Lipinski definition) is 0. The van der Waals surface area contributed by atoms with Crippen LogP contribution in [0.15, 0.2) is 255 Å². The molecule has 0 fully saturated rings. The zero-order chi connectivity index (χ0) is 52.9. The molecular weight excluding hydrogens is 957 g/mol. The van der Waals surface area contributed by atoms with Crippen molar-refractivity contribution >= 4 is 43.6 Å². The third-order valence-corrected chi connectivity index (χ3v) is 16.9. The number of aromatic nitrogens is 4. The van der Waals surface area contributed by atoms with E-state index in [-0.39, 0.29) is 0 Å². The molecule has 10 aromatic carbocycles. The maximum absolute atomic E-state index is 5.08. The van der Waals surface area contributed by atoms with E-state index < -0.39 is 5.41 Å². The molecule has 4 heteroatoms. The third-order valence-electron chi connectivity index (χ3n) is 16.9. The van der Waals surface area contributed by atoms with E-state index in [1.54, 1.807) is 0 Å². The second-order valence-corrected chi connectivity index (χ2v) is 21.5. The van der Waals surface area contributed by atoms with Crippen molar-refractivity contribution in [1.82, 2.24) is 19.1 Å². The summed E-state index contributed by atoms with van der Waals surface area (Å²) in [5.74, 6) is 0. The molecule has 0 saturated carbocycles. The monoisotopic (exact) mass is 1010 g/mol. The highest BCUT2D eigenvalue weighted by atomic mass is 15.0. The van der Waals surface area contributed by atoms with Gasteiger partial charge < -0.3 is 9.13 Å². The third kappa shape index (κ3) is 7.28. The Hall–Kier alpha value is -9.90. The van der Waals surface area contributed by atoms with E-state index in [1.807, 2.05) is 0 Å². The quantitative estimate of drug-likeness (QED) is 0.152. The highest BCUT2D eigenvalue weighted by molar-refractivity contribution is 6.10. The van der Waals surface area contributed by atoms with E-state index >= 15 is 0 Å². The second kappa shape index (κ2) is 18.1. The molecule has 79 heavy (non-hydrogen) atoms. The molecule has 1 aliphatic carbocycles. The molecule has 0 radical (unpaired) electrons. The number of pyridine rings is 2. The van der Waals surface area contributed by atoms with Crippen LogP contribution in [0.3, 0.4) is 0 Å². The van der Waals surface area contributed by atoms with Gasteiger partial charge in [0.1, 0.15) is 0 Å². The van der Waals surface area contributed by atoms with E-state index in [0.29, 0.717) is 0 Å². The molecule has 15 rings (SSSR count). The molecule has 0 bridgehead atoms. The van der Waals surface area contributed by atoms with Gasteiger partial charge in [0.25, 0.3) is 0 Å². The summed E-state index contributed by atoms with van der Waals surface area (Å²) in [4.78, 5) is 10.2. The lowest BCUT2D eigenvalue weighted by Crippen LogP contribution is -2.29. The van der Waals surface area contributed by atoms with Gasteiger partial charge in [-0.25, -0.2) is 0 Å². The van der Waals surface area contributed by atoms with Crippen molar-refractivity contribution in [2.75, 3.05) is 0 Å². The Kier molecular flexibility index (Phi) is 10.6. The summed E-state index contributed by atoms with van der Waals surface area (Å²) < 4.78 is 4.78. The Labute approximate surface area is 460 Å². The molecular formula is C75H54N4. The molecule has 14 aromatic rings. The Balaban J connectivity index is 0.907. The molecule has 1 aliphatic rings. The SMILES string of the molecule is Cc1cccc(-c2ccc3c(c2)C(c2ccc(-c4ccc(-n5c6ccccc6c6ccccc65)cc4)c(C)c2)(c2ccc(-c4ccc(-n5c6ccccc6c6ccccc65)cc4)c(C)c2)c2cc(-c4cccc(C)n4)ccc2-3)n1. The van der Waals surface area contributed by atoms with Crippen molar-refractivity contribution in [2.24, 2.45) is 0 Å². The predicted octanol–water partition coefficient (Wildman–Crippen LogP) is 18.9. The summed E-state index contributed by atoms with van der Waals surface area (Å²) in [6, 6.07) is 94.2. The minimum absolute atomic E-state index is 0.725. The molecule has 4 aromatic heterocycles. The van der Waals surface area contributed by atoms with Crippen molar-refractivity contribution in [1.29, 1.82) is 0 Å². The van der Waals surface area contributed by atoms with Crippen molar-refractivity contribution in [3.8, 4) is 67.3 Å². The normalized spacial score (nSPS) is 12.7. The predicted molar refractivity (Wildman–Crippen MR) is 329 cm³/mol. The van der Waals surface area contributed by atoms with E-state index in [0.717, 1.165) is 45.3 Å². The van der Waals surface area contributed by atoms with Gasteiger partial charge >= 0.3 is 0 Å². The van der Waals surface area contributed by atoms with Crippen LogP contribution in [-0.2, 0) is 5.41 Å². The first-order chi connectivity index (χ1) is 38.8. The lowest BCUT2D eigenvalue weighted by Gasteiger charge is -2.35. The molecule has 0 amide bonds. The molecule has 4 heterocycles. The Morgan fingerprint density at radius 2 is 0.633 bits per heavy atom. The molecule has 0 saturated heterocycles. The number of hydrogen-bond acceptors (Lipinski definition) is 2. The molecule has 0 spiro atoms. The Bertz CT molecular complexity index is 4350. The number of benzene rings is 10. The molecule has 0 unspecified atom stereocenters. The number of nitrogens with zero attached hydrogens (tertiary/aromatic N) is 4. The largest absolute Gasteiger partial charge is 0.309 e. The standard InChI is InChI=1S/C75H54N4/c1-47-43-55(33-41-59(47)51-27-35-57(36-28-51)78-71-23-9-5-17-63(71)64-18-6-10-24-72(64)78)75(56-34-42-60(48(2)44-56)52-29-37-58(38-30-52)79-73-25-11-7-19-65(73)66-20-8-12-26-74(66)79)67-45-53(69-21-13-15-49(3)76-69)31-39-61(67)62-40-32-54(46-68(62)75)70-22-14-16-50(4)77-70/h5-46H,1-4H3. The van der Waals surface area contributed by atoms with Crippen LogP contribution >= 0.6 is 0 Å². The van der Waals surface area contributed by atoms with Gasteiger partial charge in [0.05, 0.1) is 38.9 Å². The van der Waals surface area contributed by atoms with E-state index in [1.165, 1.54) is 110 Å². The lowest BCUT2D eigenvalue weighted by molar-refractivity contribution is 0.767. The molecule has 4 nitrogen and oxygen atoms in total. The van der Waals surface area contributed by atoms with E-state index in [4.69, 9.17) is 9.97 Å². The smallest absolute Gasteiger partial charge is 0.0714 e. The van der Waals surface area contributed by atoms with Gasteiger partial charge in [0.15, 0.2) is 0 Å². The minimum atomic E-state index is -0.725. The molecule has 374 valence electrons. The first kappa shape index (κ1) is 46.4. The Morgan fingerprint density at radius 3 is 0.987 bits per heavy atom. The maximum Gasteiger partial charge on any atom is 0.0714 e. The van der Waals surface area contributed by atoms with Crippen LogP contribution in [0.25, 0.3) is 111 Å². The van der Waals surface area contributed by atoms with Crippen LogP contribution in [0.5, 0.6) is 0 Å². The highest BCUT2D eigenvalue weighted by Crippen LogP contribution is 2.58. The van der Waals surface area contributed by atoms with Crippen LogP contribution in [0.1, 0.15) is 44.8 Å². The Morgan fingerprint density at radius 1 is 0.291 bits per heavy atom. The van der Waals surface area contributed by atoms with Gasteiger partial charge in [-0.05, 0) is 179 Å². The zero-order valence-corrected chi connectivity index (χ0v) is 44.5. The second-order valence-electron chi connectivity index (χ2n) is 21.5. The van der Waals surface area contributed by atoms with Crippen LogP contribution in [0.4, 0.5) is 0 Å². The van der Waals surface area contributed by atoms with E-state index in [9.17, 15) is 0 Å². The van der Waals surface area contributed by atoms with Crippen molar-refractivity contribution in [3.05, 3.63) is 300 Å². The summed E-state index contributed by atoms with van der Waals surface area (Å²) in [6.07, 6.45) is 0. The summed E-state index contributed by atoms with van der Waals surface area (Å²) in [7, 11) is 0.